The summed E-state index contributed by atoms with van der Waals surface area (Å²) in [5.74, 6) is -0.822. The molecule has 1 aromatic carbocycles. The Morgan fingerprint density at radius 2 is 1.42 bits per heavy atom. The van der Waals surface area contributed by atoms with Gasteiger partial charge in [0.2, 0.25) is 0 Å². The van der Waals surface area contributed by atoms with Gasteiger partial charge in [-0.2, -0.15) is 21.0 Å². The van der Waals surface area contributed by atoms with Crippen molar-refractivity contribution >= 4 is 5.57 Å². The molecule has 1 fully saturated rings. The average Bonchev–Trinajstić information content (AvgIpc) is 3.27. The van der Waals surface area contributed by atoms with Gasteiger partial charge in [-0.15, -0.1) is 0 Å². The van der Waals surface area contributed by atoms with Crippen LogP contribution in [0.15, 0.2) is 48.6 Å². The predicted molar refractivity (Wildman–Crippen MR) is 84.8 cm³/mol. The summed E-state index contributed by atoms with van der Waals surface area (Å²) in [4.78, 5) is 0. The second-order valence-corrected chi connectivity index (χ2v) is 6.59. The molecule has 0 saturated heterocycles. The minimum Gasteiger partial charge on any atom is -0.196 e. The molecule has 3 aliphatic carbocycles. The third-order valence-electron chi connectivity index (χ3n) is 5.89. The maximum atomic E-state index is 9.93. The first kappa shape index (κ1) is 14.3. The van der Waals surface area contributed by atoms with Crippen LogP contribution in [0, 0.1) is 79.8 Å². The first-order valence-corrected chi connectivity index (χ1v) is 7.79. The molecule has 4 rings (SSSR count). The van der Waals surface area contributed by atoms with Crippen molar-refractivity contribution in [2.24, 2.45) is 34.5 Å². The minimum atomic E-state index is -1.66. The second-order valence-electron chi connectivity index (χ2n) is 6.59. The van der Waals surface area contributed by atoms with Gasteiger partial charge < -0.3 is 0 Å². The number of nitrogens with zero attached hydrogens (tertiary/aromatic N) is 4. The number of allylic oxidation sites excluding steroid dienone is 4. The molecule has 4 nitrogen and oxygen atoms in total. The van der Waals surface area contributed by atoms with Crippen molar-refractivity contribution in [3.05, 3.63) is 54.1 Å². The summed E-state index contributed by atoms with van der Waals surface area (Å²) in [6.45, 7) is 0. The molecule has 1 aromatic rings. The van der Waals surface area contributed by atoms with Crippen molar-refractivity contribution in [3.63, 3.8) is 0 Å². The molecular weight excluding hydrogens is 296 g/mol. The van der Waals surface area contributed by atoms with Crippen molar-refractivity contribution in [3.8, 4) is 24.3 Å². The van der Waals surface area contributed by atoms with Gasteiger partial charge in [-0.1, -0.05) is 48.6 Å². The van der Waals surface area contributed by atoms with E-state index in [1.165, 1.54) is 0 Å². The Morgan fingerprint density at radius 3 is 2.00 bits per heavy atom. The summed E-state index contributed by atoms with van der Waals surface area (Å²) < 4.78 is 0. The maximum Gasteiger partial charge on any atom is 0.183 e. The third kappa shape index (κ3) is 1.31. The van der Waals surface area contributed by atoms with Crippen molar-refractivity contribution < 1.29 is 0 Å². The van der Waals surface area contributed by atoms with Crippen molar-refractivity contribution in [1.82, 2.24) is 0 Å². The lowest BCUT2D eigenvalue weighted by Gasteiger charge is -2.30. The van der Waals surface area contributed by atoms with E-state index in [1.54, 1.807) is 0 Å². The van der Waals surface area contributed by atoms with Gasteiger partial charge in [-0.05, 0) is 23.0 Å². The molecule has 24 heavy (non-hydrogen) atoms. The van der Waals surface area contributed by atoms with Crippen LogP contribution in [0.4, 0.5) is 0 Å². The van der Waals surface area contributed by atoms with Crippen molar-refractivity contribution in [2.75, 3.05) is 0 Å². The van der Waals surface area contributed by atoms with Crippen LogP contribution in [0.3, 0.4) is 0 Å². The van der Waals surface area contributed by atoms with E-state index in [1.807, 2.05) is 42.5 Å². The fourth-order valence-electron chi connectivity index (χ4n) is 4.92. The van der Waals surface area contributed by atoms with Crippen molar-refractivity contribution in [1.29, 1.82) is 21.0 Å². The molecule has 3 aliphatic rings. The van der Waals surface area contributed by atoms with Crippen molar-refractivity contribution in [2.45, 2.75) is 0 Å². The van der Waals surface area contributed by atoms with Gasteiger partial charge in [0, 0.05) is 11.8 Å². The Kier molecular flexibility index (Phi) is 2.72. The Morgan fingerprint density at radius 1 is 0.792 bits per heavy atom. The van der Waals surface area contributed by atoms with E-state index < -0.39 is 16.7 Å². The van der Waals surface area contributed by atoms with Crippen LogP contribution >= 0.6 is 0 Å². The fraction of sp³-hybridized carbons (Fsp3) is 0.300. The van der Waals surface area contributed by atoms with Crippen LogP contribution < -0.4 is 0 Å². The monoisotopic (exact) mass is 308 g/mol. The summed E-state index contributed by atoms with van der Waals surface area (Å²) in [5, 5.41) is 39.5. The highest BCUT2D eigenvalue weighted by Gasteiger charge is 2.75. The maximum absolute atomic E-state index is 9.93. The molecule has 4 atom stereocenters. The van der Waals surface area contributed by atoms with Gasteiger partial charge in [0.15, 0.2) is 10.8 Å². The lowest BCUT2D eigenvalue weighted by molar-refractivity contribution is 0.294. The first-order chi connectivity index (χ1) is 11.7. The van der Waals surface area contributed by atoms with Crippen LogP contribution in [0.1, 0.15) is 5.56 Å². The van der Waals surface area contributed by atoms with Crippen LogP contribution in [0.25, 0.3) is 5.57 Å². The van der Waals surface area contributed by atoms with E-state index in [0.29, 0.717) is 0 Å². The van der Waals surface area contributed by atoms with E-state index in [9.17, 15) is 21.0 Å². The number of nitriles is 4. The largest absolute Gasteiger partial charge is 0.196 e. The second kappa shape index (κ2) is 4.58. The first-order valence-electron chi connectivity index (χ1n) is 7.79. The molecular formula is C20H12N4. The number of hydrogen-bond acceptors (Lipinski definition) is 4. The quantitative estimate of drug-likeness (QED) is 0.744. The lowest BCUT2D eigenvalue weighted by atomic mass is 9.61. The van der Waals surface area contributed by atoms with Crippen LogP contribution in [0.2, 0.25) is 0 Å². The Hall–Kier alpha value is -3.34. The van der Waals surface area contributed by atoms with Crippen LogP contribution in [-0.2, 0) is 0 Å². The standard InChI is InChI=1S/C20H12N4/c21-9-19(10-22)16-7-6-14-8-15(13-4-2-1-3-5-13)18(17(14)16)20(19,11-23)12-24/h1-8,14,16-18H/t14-,16-,17+,18-/m1/s1. The molecule has 0 unspecified atom stereocenters. The topological polar surface area (TPSA) is 95.2 Å². The van der Waals surface area contributed by atoms with E-state index in [0.717, 1.165) is 11.1 Å². The Balaban J connectivity index is 2.01. The highest BCUT2D eigenvalue weighted by Crippen LogP contribution is 2.71. The molecule has 1 saturated carbocycles. The zero-order chi connectivity index (χ0) is 16.9. The van der Waals surface area contributed by atoms with Crippen LogP contribution in [-0.4, -0.2) is 0 Å². The SMILES string of the molecule is N#CC1(C#N)[C@@H]2C=C[C@@H]3C=C(c4ccccc4)[C@H]([C@@H]32)C1(C#N)C#N. The van der Waals surface area contributed by atoms with Crippen LogP contribution in [0.5, 0.6) is 0 Å². The molecule has 0 bridgehead atoms. The molecule has 0 amide bonds. The highest BCUT2D eigenvalue weighted by atomic mass is 14.7. The number of hydrogen-bond donors (Lipinski definition) is 0. The fourth-order valence-corrected chi connectivity index (χ4v) is 4.92. The van der Waals surface area contributed by atoms with E-state index in [-0.39, 0.29) is 17.8 Å². The molecule has 4 heteroatoms. The molecule has 0 aromatic heterocycles. The summed E-state index contributed by atoms with van der Waals surface area (Å²) in [6, 6.07) is 17.9. The average molecular weight is 308 g/mol. The summed E-state index contributed by atoms with van der Waals surface area (Å²) in [6.07, 6.45) is 5.98. The van der Waals surface area contributed by atoms with E-state index in [2.05, 4.69) is 30.4 Å². The van der Waals surface area contributed by atoms with Gasteiger partial charge in [0.05, 0.1) is 24.3 Å². The Bertz CT molecular complexity index is 915. The summed E-state index contributed by atoms with van der Waals surface area (Å²) in [5.41, 5.74) is -1.43. The van der Waals surface area contributed by atoms with Gasteiger partial charge in [0.25, 0.3) is 0 Å². The Labute approximate surface area is 140 Å². The highest BCUT2D eigenvalue weighted by molar-refractivity contribution is 5.75. The van der Waals surface area contributed by atoms with Gasteiger partial charge in [-0.3, -0.25) is 0 Å². The zero-order valence-electron chi connectivity index (χ0n) is 12.7. The van der Waals surface area contributed by atoms with E-state index >= 15 is 0 Å². The predicted octanol–water partition coefficient (Wildman–Crippen LogP) is 3.20. The molecule has 0 radical (unpaired) electrons. The zero-order valence-corrected chi connectivity index (χ0v) is 12.7. The van der Waals surface area contributed by atoms with Gasteiger partial charge in [-0.25, -0.2) is 0 Å². The molecule has 0 spiro atoms. The summed E-state index contributed by atoms with van der Waals surface area (Å²) >= 11 is 0. The van der Waals surface area contributed by atoms with Gasteiger partial charge in [0.1, 0.15) is 0 Å². The molecule has 0 aliphatic heterocycles. The normalized spacial score (nSPS) is 32.8. The number of rotatable bonds is 1. The number of benzene rings is 1. The smallest absolute Gasteiger partial charge is 0.183 e. The van der Waals surface area contributed by atoms with Gasteiger partial charge >= 0.3 is 0 Å². The lowest BCUT2D eigenvalue weighted by Crippen LogP contribution is -2.40. The minimum absolute atomic E-state index is 0.0693. The molecule has 0 N–H and O–H groups in total. The third-order valence-corrected chi connectivity index (χ3v) is 5.89. The summed E-state index contributed by atoms with van der Waals surface area (Å²) in [7, 11) is 0. The molecule has 112 valence electrons. The molecule has 0 heterocycles. The van der Waals surface area contributed by atoms with E-state index in [4.69, 9.17) is 0 Å².